The van der Waals surface area contributed by atoms with Crippen molar-refractivity contribution in [3.63, 3.8) is 0 Å². The molecule has 1 atom stereocenters. The SMILES string of the molecule is COc1ccccc1C1CNCCN1Cc1cc(C)on1.Cl. The highest BCUT2D eigenvalue weighted by atomic mass is 35.5. The molecule has 22 heavy (non-hydrogen) atoms. The molecule has 0 radical (unpaired) electrons. The fraction of sp³-hybridized carbons (Fsp3) is 0.438. The molecule has 2 aromatic rings. The summed E-state index contributed by atoms with van der Waals surface area (Å²) in [6.45, 7) is 5.60. The van der Waals surface area contributed by atoms with E-state index in [0.29, 0.717) is 0 Å². The highest BCUT2D eigenvalue weighted by Gasteiger charge is 2.26. The van der Waals surface area contributed by atoms with Gasteiger partial charge in [-0.2, -0.15) is 0 Å². The molecule has 0 bridgehead atoms. The molecule has 1 aromatic carbocycles. The van der Waals surface area contributed by atoms with Gasteiger partial charge in [0.25, 0.3) is 0 Å². The van der Waals surface area contributed by atoms with Crippen LogP contribution in [0.3, 0.4) is 0 Å². The van der Waals surface area contributed by atoms with Crippen LogP contribution in [0.2, 0.25) is 0 Å². The van der Waals surface area contributed by atoms with E-state index in [0.717, 1.165) is 43.4 Å². The Kier molecular flexibility index (Phi) is 5.83. The summed E-state index contributed by atoms with van der Waals surface area (Å²) in [6.07, 6.45) is 0. The van der Waals surface area contributed by atoms with E-state index in [1.165, 1.54) is 5.56 Å². The summed E-state index contributed by atoms with van der Waals surface area (Å²) in [7, 11) is 1.72. The molecule has 1 aliphatic heterocycles. The lowest BCUT2D eigenvalue weighted by atomic mass is 10.0. The monoisotopic (exact) mass is 323 g/mol. The van der Waals surface area contributed by atoms with E-state index in [1.54, 1.807) is 7.11 Å². The molecule has 5 nitrogen and oxygen atoms in total. The third-order valence-corrected chi connectivity index (χ3v) is 3.89. The van der Waals surface area contributed by atoms with Crippen LogP contribution in [0.4, 0.5) is 0 Å². The number of rotatable bonds is 4. The van der Waals surface area contributed by atoms with Crippen molar-refractivity contribution < 1.29 is 9.26 Å². The van der Waals surface area contributed by atoms with Crippen molar-refractivity contribution in [2.24, 2.45) is 0 Å². The molecule has 0 spiro atoms. The van der Waals surface area contributed by atoms with Crippen LogP contribution in [0.5, 0.6) is 5.75 Å². The second-order valence-electron chi connectivity index (χ2n) is 5.36. The summed E-state index contributed by atoms with van der Waals surface area (Å²) in [4.78, 5) is 2.42. The Bertz CT molecular complexity index is 603. The molecule has 3 rings (SSSR count). The normalized spacial score (nSPS) is 18.7. The van der Waals surface area contributed by atoms with Crippen LogP contribution >= 0.6 is 12.4 Å². The Labute approximate surface area is 137 Å². The Morgan fingerprint density at radius 1 is 1.41 bits per heavy atom. The Balaban J connectivity index is 0.00000176. The maximum Gasteiger partial charge on any atom is 0.133 e. The zero-order valence-electron chi connectivity index (χ0n) is 12.9. The molecule has 0 amide bonds. The second kappa shape index (κ2) is 7.63. The third kappa shape index (κ3) is 3.61. The molecule has 2 heterocycles. The lowest BCUT2D eigenvalue weighted by Crippen LogP contribution is -2.45. The average Bonchev–Trinajstić information content (AvgIpc) is 2.93. The molecular formula is C16H22ClN3O2. The lowest BCUT2D eigenvalue weighted by molar-refractivity contribution is 0.147. The van der Waals surface area contributed by atoms with E-state index in [2.05, 4.69) is 27.5 Å². The minimum Gasteiger partial charge on any atom is -0.496 e. The molecule has 6 heteroatoms. The van der Waals surface area contributed by atoms with Crippen LogP contribution in [0.25, 0.3) is 0 Å². The van der Waals surface area contributed by atoms with Crippen molar-refractivity contribution in [1.29, 1.82) is 0 Å². The largest absolute Gasteiger partial charge is 0.496 e. The first-order chi connectivity index (χ1) is 10.3. The zero-order valence-corrected chi connectivity index (χ0v) is 13.7. The van der Waals surface area contributed by atoms with Crippen molar-refractivity contribution in [2.75, 3.05) is 26.7 Å². The highest BCUT2D eigenvalue weighted by molar-refractivity contribution is 5.85. The van der Waals surface area contributed by atoms with Crippen molar-refractivity contribution in [2.45, 2.75) is 19.5 Å². The van der Waals surface area contributed by atoms with Crippen LogP contribution in [0.15, 0.2) is 34.9 Å². The van der Waals surface area contributed by atoms with E-state index in [1.807, 2.05) is 25.1 Å². The molecule has 1 fully saturated rings. The number of benzene rings is 1. The molecule has 1 aromatic heterocycles. The first-order valence-corrected chi connectivity index (χ1v) is 7.28. The van der Waals surface area contributed by atoms with E-state index >= 15 is 0 Å². The highest BCUT2D eigenvalue weighted by Crippen LogP contribution is 2.30. The maximum atomic E-state index is 5.51. The number of para-hydroxylation sites is 1. The second-order valence-corrected chi connectivity index (χ2v) is 5.36. The van der Waals surface area contributed by atoms with E-state index in [-0.39, 0.29) is 18.4 Å². The molecule has 120 valence electrons. The number of halogens is 1. The molecule has 1 aliphatic rings. The van der Waals surface area contributed by atoms with Gasteiger partial charge in [0.2, 0.25) is 0 Å². The molecular weight excluding hydrogens is 302 g/mol. The van der Waals surface area contributed by atoms with Crippen LogP contribution in [0.1, 0.15) is 23.1 Å². The fourth-order valence-corrected chi connectivity index (χ4v) is 2.88. The third-order valence-electron chi connectivity index (χ3n) is 3.89. The van der Waals surface area contributed by atoms with Crippen molar-refractivity contribution in [3.8, 4) is 5.75 Å². The summed E-state index contributed by atoms with van der Waals surface area (Å²) in [5.74, 6) is 1.79. The minimum atomic E-state index is 0. The van der Waals surface area contributed by atoms with Gasteiger partial charge in [0.1, 0.15) is 11.5 Å². The van der Waals surface area contributed by atoms with Gasteiger partial charge in [-0.15, -0.1) is 12.4 Å². The first-order valence-electron chi connectivity index (χ1n) is 7.28. The van der Waals surface area contributed by atoms with Gasteiger partial charge >= 0.3 is 0 Å². The van der Waals surface area contributed by atoms with E-state index in [9.17, 15) is 0 Å². The maximum absolute atomic E-state index is 5.51. The van der Waals surface area contributed by atoms with Crippen molar-refractivity contribution in [3.05, 3.63) is 47.3 Å². The van der Waals surface area contributed by atoms with Gasteiger partial charge < -0.3 is 14.6 Å². The number of nitrogens with one attached hydrogen (secondary N) is 1. The van der Waals surface area contributed by atoms with Crippen molar-refractivity contribution in [1.82, 2.24) is 15.4 Å². The topological polar surface area (TPSA) is 50.5 Å². The van der Waals surface area contributed by atoms with Gasteiger partial charge in [-0.3, -0.25) is 4.90 Å². The quantitative estimate of drug-likeness (QED) is 0.937. The van der Waals surface area contributed by atoms with Gasteiger partial charge in [0.15, 0.2) is 0 Å². The summed E-state index contributed by atoms with van der Waals surface area (Å²) >= 11 is 0. The Morgan fingerprint density at radius 3 is 2.95 bits per heavy atom. The van der Waals surface area contributed by atoms with Crippen LogP contribution in [-0.4, -0.2) is 36.8 Å². The average molecular weight is 324 g/mol. The fourth-order valence-electron chi connectivity index (χ4n) is 2.88. The number of aryl methyl sites for hydroxylation is 1. The summed E-state index contributed by atoms with van der Waals surface area (Å²) in [5, 5.41) is 7.58. The Morgan fingerprint density at radius 2 is 2.23 bits per heavy atom. The zero-order chi connectivity index (χ0) is 14.7. The predicted octanol–water partition coefficient (Wildman–Crippen LogP) is 2.56. The lowest BCUT2D eigenvalue weighted by Gasteiger charge is -2.36. The van der Waals surface area contributed by atoms with Gasteiger partial charge in [-0.25, -0.2) is 0 Å². The van der Waals surface area contributed by atoms with Crippen LogP contribution < -0.4 is 10.1 Å². The Hall–Kier alpha value is -1.56. The van der Waals surface area contributed by atoms with E-state index < -0.39 is 0 Å². The number of aromatic nitrogens is 1. The number of ether oxygens (including phenoxy) is 1. The summed E-state index contributed by atoms with van der Waals surface area (Å²) < 4.78 is 10.7. The van der Waals surface area contributed by atoms with Gasteiger partial charge in [0.05, 0.1) is 18.8 Å². The smallest absolute Gasteiger partial charge is 0.133 e. The molecule has 1 saturated heterocycles. The number of nitrogens with zero attached hydrogens (tertiary/aromatic N) is 2. The van der Waals surface area contributed by atoms with Gasteiger partial charge in [0, 0.05) is 37.8 Å². The number of hydrogen-bond acceptors (Lipinski definition) is 5. The molecule has 1 unspecified atom stereocenters. The molecule has 0 aliphatic carbocycles. The number of hydrogen-bond donors (Lipinski definition) is 1. The van der Waals surface area contributed by atoms with Gasteiger partial charge in [-0.1, -0.05) is 23.4 Å². The minimum absolute atomic E-state index is 0. The van der Waals surface area contributed by atoms with Crippen LogP contribution in [0, 0.1) is 6.92 Å². The molecule has 0 saturated carbocycles. The van der Waals surface area contributed by atoms with Crippen molar-refractivity contribution >= 4 is 12.4 Å². The number of methoxy groups -OCH3 is 1. The number of piperazine rings is 1. The summed E-state index contributed by atoms with van der Waals surface area (Å²) in [6, 6.07) is 10.5. The first kappa shape index (κ1) is 16.8. The standard InChI is InChI=1S/C16H21N3O2.ClH/c1-12-9-13(18-21-12)11-19-8-7-17-10-15(19)14-5-3-4-6-16(14)20-2;/h3-6,9,15,17H,7-8,10-11H2,1-2H3;1H. The van der Waals surface area contributed by atoms with Gasteiger partial charge in [-0.05, 0) is 13.0 Å². The predicted molar refractivity (Wildman–Crippen MR) is 87.5 cm³/mol. The van der Waals surface area contributed by atoms with Crippen LogP contribution in [-0.2, 0) is 6.54 Å². The molecule has 1 N–H and O–H groups in total. The van der Waals surface area contributed by atoms with E-state index in [4.69, 9.17) is 9.26 Å². The summed E-state index contributed by atoms with van der Waals surface area (Å²) in [5.41, 5.74) is 2.20.